The molecule has 5 N–H and O–H groups in total. The fraction of sp³-hybridized carbons (Fsp3) is 0.190. The number of carbonyl (C=O) groups excluding carboxylic acids is 1. The molecule has 3 aromatic rings. The highest BCUT2D eigenvalue weighted by molar-refractivity contribution is 7.91. The third-order valence-corrected chi connectivity index (χ3v) is 5.77. The molecule has 0 aliphatic carbocycles. The molecule has 1 amide bonds. The molecule has 13 nitrogen and oxygen atoms in total. The number of amides is 1. The summed E-state index contributed by atoms with van der Waals surface area (Å²) in [6.45, 7) is 3.52. The molecule has 35 heavy (non-hydrogen) atoms. The molecule has 0 spiro atoms. The first kappa shape index (κ1) is 23.7. The van der Waals surface area contributed by atoms with Gasteiger partial charge in [0, 0.05) is 18.0 Å². The second-order valence-corrected chi connectivity index (χ2v) is 9.57. The maximum Gasteiger partial charge on any atom is 0.356 e. The number of hydrogen-bond acceptors (Lipinski definition) is 8. The molecule has 3 heterocycles. The first-order valence-corrected chi connectivity index (χ1v) is 11.6. The van der Waals surface area contributed by atoms with E-state index in [0.717, 1.165) is 0 Å². The van der Waals surface area contributed by atoms with E-state index in [9.17, 15) is 18.0 Å². The summed E-state index contributed by atoms with van der Waals surface area (Å²) in [5.41, 5.74) is 5.67. The number of amidine groups is 1. The lowest BCUT2D eigenvalue weighted by atomic mass is 10.1. The number of fused-ring (bicyclic) bond motifs is 1. The molecule has 2 aromatic heterocycles. The Kier molecular flexibility index (Phi) is 5.90. The Bertz CT molecular complexity index is 1460. The van der Waals surface area contributed by atoms with Gasteiger partial charge in [-0.2, -0.15) is 8.42 Å². The number of aromatic carboxylic acids is 1. The molecular formula is C21H21N7O6S. The quantitative estimate of drug-likeness (QED) is 0.366. The summed E-state index contributed by atoms with van der Waals surface area (Å²) < 4.78 is 36.5. The van der Waals surface area contributed by atoms with Gasteiger partial charge >= 0.3 is 16.2 Å². The maximum atomic E-state index is 12.9. The van der Waals surface area contributed by atoms with E-state index in [1.807, 2.05) is 0 Å². The number of pyridine rings is 1. The molecule has 182 valence electrons. The second-order valence-electron chi connectivity index (χ2n) is 8.23. The van der Waals surface area contributed by atoms with Gasteiger partial charge in [0.1, 0.15) is 24.5 Å². The normalized spacial score (nSPS) is 14.3. The van der Waals surface area contributed by atoms with Crippen molar-refractivity contribution in [3.05, 3.63) is 65.9 Å². The van der Waals surface area contributed by atoms with Crippen LogP contribution in [0.1, 0.15) is 40.3 Å². The molecule has 0 radical (unpaired) electrons. The summed E-state index contributed by atoms with van der Waals surface area (Å²) in [5.74, 6) is -1.17. The molecule has 1 aliphatic heterocycles. The van der Waals surface area contributed by atoms with Crippen molar-refractivity contribution in [1.29, 1.82) is 0 Å². The van der Waals surface area contributed by atoms with Gasteiger partial charge in [0.15, 0.2) is 11.5 Å². The predicted molar refractivity (Wildman–Crippen MR) is 125 cm³/mol. The highest BCUT2D eigenvalue weighted by Gasteiger charge is 2.27. The highest BCUT2D eigenvalue weighted by atomic mass is 32.2. The number of nitrogens with one attached hydrogen (secondary N) is 2. The van der Waals surface area contributed by atoms with Crippen LogP contribution >= 0.6 is 0 Å². The molecule has 0 atom stereocenters. The highest BCUT2D eigenvalue weighted by Crippen LogP contribution is 2.30. The van der Waals surface area contributed by atoms with Crippen molar-refractivity contribution in [2.24, 2.45) is 10.1 Å². The van der Waals surface area contributed by atoms with Crippen LogP contribution in [0.25, 0.3) is 5.82 Å². The van der Waals surface area contributed by atoms with Crippen molar-refractivity contribution in [3.8, 4) is 11.6 Å². The van der Waals surface area contributed by atoms with E-state index < -0.39 is 27.6 Å². The van der Waals surface area contributed by atoms with Gasteiger partial charge < -0.3 is 20.9 Å². The number of imidazole rings is 1. The van der Waals surface area contributed by atoms with Crippen molar-refractivity contribution >= 4 is 33.6 Å². The molecule has 0 saturated carbocycles. The average Bonchev–Trinajstić information content (AvgIpc) is 3.27. The fourth-order valence-electron chi connectivity index (χ4n) is 3.27. The van der Waals surface area contributed by atoms with Gasteiger partial charge in [0.2, 0.25) is 0 Å². The third-order valence-electron chi connectivity index (χ3n) is 4.85. The number of carboxylic acid groups (broad SMARTS) is 1. The van der Waals surface area contributed by atoms with Crippen molar-refractivity contribution in [1.82, 2.24) is 19.9 Å². The molecule has 1 aromatic carbocycles. The Morgan fingerprint density at radius 3 is 2.74 bits per heavy atom. The third kappa shape index (κ3) is 5.22. The molecule has 1 aliphatic rings. The molecule has 0 bridgehead atoms. The lowest BCUT2D eigenvalue weighted by molar-refractivity contribution is 0.0690. The Labute approximate surface area is 199 Å². The number of carboxylic acids is 1. The maximum absolute atomic E-state index is 12.9. The second kappa shape index (κ2) is 8.72. The molecule has 0 unspecified atom stereocenters. The fourth-order valence-corrected chi connectivity index (χ4v) is 4.11. The summed E-state index contributed by atoms with van der Waals surface area (Å²) in [5, 5.41) is 11.9. The number of rotatable bonds is 7. The van der Waals surface area contributed by atoms with E-state index in [0.29, 0.717) is 17.1 Å². The van der Waals surface area contributed by atoms with Gasteiger partial charge in [0.05, 0.1) is 16.8 Å². The predicted octanol–water partition coefficient (Wildman–Crippen LogP) is 0.928. The summed E-state index contributed by atoms with van der Waals surface area (Å²) in [7, 11) is -3.92. The van der Waals surface area contributed by atoms with Crippen LogP contribution in [-0.4, -0.2) is 57.9 Å². The van der Waals surface area contributed by atoms with Crippen LogP contribution in [0.4, 0.5) is 5.69 Å². The van der Waals surface area contributed by atoms with Gasteiger partial charge in [-0.25, -0.2) is 14.8 Å². The van der Waals surface area contributed by atoms with Gasteiger partial charge in [-0.3, -0.25) is 14.1 Å². The topological polar surface area (TPSA) is 191 Å². The van der Waals surface area contributed by atoms with E-state index in [-0.39, 0.29) is 29.4 Å². The van der Waals surface area contributed by atoms with E-state index in [1.54, 1.807) is 26.0 Å². The molecule has 0 saturated heterocycles. The number of aromatic nitrogens is 3. The number of anilines is 1. The van der Waals surface area contributed by atoms with Crippen molar-refractivity contribution in [2.45, 2.75) is 19.4 Å². The standard InChI is InChI=1S/C21H21N7O6S/c1-21(2,10-34-15-5-3-4-13-17(15)18(22)27-35(32,33)26-13)25-19(29)12-6-7-23-16(8-12)28-9-14(20(30)31)24-11-28/h3-9,11,26H,10H2,1-2H3,(H2,22,27)(H,25,29)(H,30,31). The van der Waals surface area contributed by atoms with Crippen LogP contribution in [0, 0.1) is 0 Å². The van der Waals surface area contributed by atoms with Crippen LogP contribution in [0.3, 0.4) is 0 Å². The van der Waals surface area contributed by atoms with E-state index in [1.165, 1.54) is 41.5 Å². The first-order chi connectivity index (χ1) is 16.4. The Hall–Kier alpha value is -4.46. The number of nitrogens with two attached hydrogens (primary N) is 1. The minimum Gasteiger partial charge on any atom is -0.490 e. The molecule has 14 heteroatoms. The van der Waals surface area contributed by atoms with Gasteiger partial charge in [0.25, 0.3) is 5.91 Å². The van der Waals surface area contributed by atoms with Crippen LogP contribution in [0.5, 0.6) is 5.75 Å². The zero-order chi connectivity index (χ0) is 25.4. The van der Waals surface area contributed by atoms with Crippen LogP contribution in [0.2, 0.25) is 0 Å². The Morgan fingerprint density at radius 2 is 2.03 bits per heavy atom. The van der Waals surface area contributed by atoms with E-state index >= 15 is 0 Å². The van der Waals surface area contributed by atoms with Crippen LogP contribution < -0.4 is 20.5 Å². The number of ether oxygens (including phenoxy) is 1. The van der Waals surface area contributed by atoms with Gasteiger partial charge in [-0.15, -0.1) is 4.40 Å². The Morgan fingerprint density at radius 1 is 1.26 bits per heavy atom. The number of carbonyl (C=O) groups is 2. The van der Waals surface area contributed by atoms with Crippen molar-refractivity contribution < 1.29 is 27.9 Å². The number of nitrogens with zero attached hydrogens (tertiary/aromatic N) is 4. The van der Waals surface area contributed by atoms with Crippen LogP contribution in [0.15, 0.2) is 53.5 Å². The monoisotopic (exact) mass is 499 g/mol. The average molecular weight is 500 g/mol. The largest absolute Gasteiger partial charge is 0.490 e. The zero-order valence-corrected chi connectivity index (χ0v) is 19.4. The van der Waals surface area contributed by atoms with E-state index in [4.69, 9.17) is 15.6 Å². The van der Waals surface area contributed by atoms with Gasteiger partial charge in [-0.05, 0) is 38.1 Å². The lowest BCUT2D eigenvalue weighted by Crippen LogP contribution is -2.48. The summed E-state index contributed by atoms with van der Waals surface area (Å²) in [4.78, 5) is 31.9. The first-order valence-electron chi connectivity index (χ1n) is 10.1. The van der Waals surface area contributed by atoms with Crippen molar-refractivity contribution in [3.63, 3.8) is 0 Å². The molecule has 4 rings (SSSR count). The lowest BCUT2D eigenvalue weighted by Gasteiger charge is -2.27. The minimum atomic E-state index is -3.92. The van der Waals surface area contributed by atoms with E-state index in [2.05, 4.69) is 24.4 Å². The number of benzene rings is 1. The van der Waals surface area contributed by atoms with Crippen LogP contribution in [-0.2, 0) is 10.2 Å². The minimum absolute atomic E-state index is 0.0245. The Balaban J connectivity index is 1.47. The SMILES string of the molecule is CC(C)(COc1cccc2c1C(N)=NS(=O)(=O)N2)NC(=O)c1ccnc(-n2cnc(C(=O)O)c2)c1. The van der Waals surface area contributed by atoms with Crippen molar-refractivity contribution in [2.75, 3.05) is 11.3 Å². The smallest absolute Gasteiger partial charge is 0.356 e. The number of hydrogen-bond donors (Lipinski definition) is 4. The summed E-state index contributed by atoms with van der Waals surface area (Å²) in [6, 6.07) is 7.77. The summed E-state index contributed by atoms with van der Waals surface area (Å²) in [6.07, 6.45) is 4.01. The van der Waals surface area contributed by atoms with Gasteiger partial charge in [-0.1, -0.05) is 6.07 Å². The molecule has 0 fully saturated rings. The molecular weight excluding hydrogens is 478 g/mol. The zero-order valence-electron chi connectivity index (χ0n) is 18.6. The summed E-state index contributed by atoms with van der Waals surface area (Å²) >= 11 is 0.